The van der Waals surface area contributed by atoms with Gasteiger partial charge in [0.15, 0.2) is 11.5 Å². The molecule has 0 radical (unpaired) electrons. The molecular weight excluding hydrogens is 392 g/mol. The Kier molecular flexibility index (Phi) is 5.48. The molecule has 3 aliphatic heterocycles. The maximum Gasteiger partial charge on any atom is 0.231 e. The molecule has 0 aliphatic carbocycles. The number of fused-ring (bicyclic) bond motifs is 2. The number of aryl methyl sites for hydroxylation is 1. The summed E-state index contributed by atoms with van der Waals surface area (Å²) in [6.07, 6.45) is 2.65. The zero-order valence-electron chi connectivity index (χ0n) is 18.3. The lowest BCUT2D eigenvalue weighted by Crippen LogP contribution is -2.55. The zero-order chi connectivity index (χ0) is 21.4. The minimum absolute atomic E-state index is 0.273. The first-order chi connectivity index (χ1) is 15.1. The number of methoxy groups -OCH3 is 1. The van der Waals surface area contributed by atoms with E-state index >= 15 is 0 Å². The Hall–Kier alpha value is -2.73. The van der Waals surface area contributed by atoms with Crippen LogP contribution in [0.5, 0.6) is 17.2 Å². The van der Waals surface area contributed by atoms with Gasteiger partial charge in [-0.05, 0) is 60.6 Å². The number of benzene rings is 2. The third-order valence-corrected chi connectivity index (χ3v) is 6.88. The molecule has 0 aromatic heterocycles. The molecule has 0 N–H and O–H groups in total. The number of carbonyl (C=O) groups excluding carboxylic acids is 1. The number of rotatable bonds is 5. The van der Waals surface area contributed by atoms with Crippen LogP contribution in [0.25, 0.3) is 0 Å². The number of nitrogens with zero attached hydrogens (tertiary/aromatic N) is 2. The van der Waals surface area contributed by atoms with Crippen LogP contribution in [-0.2, 0) is 17.9 Å². The summed E-state index contributed by atoms with van der Waals surface area (Å²) in [5.74, 6) is 3.31. The van der Waals surface area contributed by atoms with Gasteiger partial charge < -0.3 is 19.1 Å². The first kappa shape index (κ1) is 20.2. The highest BCUT2D eigenvalue weighted by atomic mass is 16.7. The topological polar surface area (TPSA) is 51.2 Å². The fourth-order valence-corrected chi connectivity index (χ4v) is 5.31. The number of hydrogen-bond acceptors (Lipinski definition) is 5. The Bertz CT molecular complexity index is 976. The summed E-state index contributed by atoms with van der Waals surface area (Å²) in [6.45, 7) is 6.02. The van der Waals surface area contributed by atoms with Crippen LogP contribution in [-0.4, -0.2) is 48.7 Å². The number of amides is 1. The number of likely N-dealkylation sites (tertiary alicyclic amines) is 2. The van der Waals surface area contributed by atoms with E-state index in [1.807, 2.05) is 18.2 Å². The van der Waals surface area contributed by atoms with Crippen molar-refractivity contribution in [3.63, 3.8) is 0 Å². The van der Waals surface area contributed by atoms with Crippen LogP contribution in [0.1, 0.15) is 36.0 Å². The van der Waals surface area contributed by atoms with Crippen LogP contribution in [0.15, 0.2) is 36.4 Å². The summed E-state index contributed by atoms with van der Waals surface area (Å²) in [5, 5.41) is 0. The van der Waals surface area contributed by atoms with Crippen molar-refractivity contribution in [3.8, 4) is 17.2 Å². The Morgan fingerprint density at radius 2 is 1.84 bits per heavy atom. The van der Waals surface area contributed by atoms with Gasteiger partial charge in [0.2, 0.25) is 12.7 Å². The molecular formula is C25H30N2O4. The van der Waals surface area contributed by atoms with Crippen LogP contribution in [0, 0.1) is 12.8 Å². The van der Waals surface area contributed by atoms with Gasteiger partial charge in [-0.25, -0.2) is 0 Å². The van der Waals surface area contributed by atoms with Crippen molar-refractivity contribution in [1.29, 1.82) is 0 Å². The second-order valence-corrected chi connectivity index (χ2v) is 8.90. The maximum atomic E-state index is 12.8. The van der Waals surface area contributed by atoms with Gasteiger partial charge in [-0.1, -0.05) is 18.2 Å². The molecule has 6 nitrogen and oxygen atoms in total. The summed E-state index contributed by atoms with van der Waals surface area (Å²) >= 11 is 0. The highest BCUT2D eigenvalue weighted by molar-refractivity contribution is 5.77. The van der Waals surface area contributed by atoms with E-state index in [0.717, 1.165) is 55.3 Å². The highest BCUT2D eigenvalue weighted by Crippen LogP contribution is 2.36. The van der Waals surface area contributed by atoms with Crippen LogP contribution < -0.4 is 14.2 Å². The van der Waals surface area contributed by atoms with Crippen LogP contribution in [0.3, 0.4) is 0 Å². The van der Waals surface area contributed by atoms with E-state index in [1.165, 1.54) is 11.1 Å². The van der Waals surface area contributed by atoms with Gasteiger partial charge in [0.1, 0.15) is 5.75 Å². The van der Waals surface area contributed by atoms with Gasteiger partial charge in [-0.2, -0.15) is 0 Å². The van der Waals surface area contributed by atoms with Crippen molar-refractivity contribution in [2.45, 2.75) is 45.3 Å². The van der Waals surface area contributed by atoms with Crippen LogP contribution >= 0.6 is 0 Å². The molecule has 0 saturated carbocycles. The first-order valence-electron chi connectivity index (χ1n) is 11.1. The Balaban J connectivity index is 1.25. The fraction of sp³-hybridized carbons (Fsp3) is 0.480. The van der Waals surface area contributed by atoms with E-state index in [-0.39, 0.29) is 12.7 Å². The molecule has 0 bridgehead atoms. The summed E-state index contributed by atoms with van der Waals surface area (Å²) in [4.78, 5) is 17.5. The second kappa shape index (κ2) is 8.42. The SMILES string of the molecule is COc1ccc(CN2CC[C@@H]3[C@@H](CCC(=O)N3Cc3ccc4c(c3)OCO4)C2)cc1C. The average Bonchev–Trinajstić information content (AvgIpc) is 3.24. The highest BCUT2D eigenvalue weighted by Gasteiger charge is 2.39. The number of carbonyl (C=O) groups is 1. The molecule has 3 heterocycles. The molecule has 3 aliphatic rings. The third-order valence-electron chi connectivity index (χ3n) is 6.88. The van der Waals surface area contributed by atoms with Gasteiger partial charge in [-0.15, -0.1) is 0 Å². The largest absolute Gasteiger partial charge is 0.496 e. The van der Waals surface area contributed by atoms with E-state index in [9.17, 15) is 4.79 Å². The van der Waals surface area contributed by atoms with Crippen molar-refractivity contribution in [3.05, 3.63) is 53.1 Å². The third kappa shape index (κ3) is 4.09. The quantitative estimate of drug-likeness (QED) is 0.735. The van der Waals surface area contributed by atoms with E-state index in [0.29, 0.717) is 24.9 Å². The lowest BCUT2D eigenvalue weighted by molar-refractivity contribution is -0.142. The van der Waals surface area contributed by atoms with Crippen molar-refractivity contribution in [1.82, 2.24) is 9.80 Å². The number of hydrogen-bond donors (Lipinski definition) is 0. The van der Waals surface area contributed by atoms with E-state index in [4.69, 9.17) is 14.2 Å². The molecule has 2 fully saturated rings. The number of ether oxygens (including phenoxy) is 3. The van der Waals surface area contributed by atoms with Crippen molar-refractivity contribution >= 4 is 5.91 Å². The van der Waals surface area contributed by atoms with Crippen molar-refractivity contribution in [2.75, 3.05) is 27.0 Å². The average molecular weight is 423 g/mol. The molecule has 31 heavy (non-hydrogen) atoms. The molecule has 5 rings (SSSR count). The van der Waals surface area contributed by atoms with Gasteiger partial charge >= 0.3 is 0 Å². The second-order valence-electron chi connectivity index (χ2n) is 8.90. The normalized spacial score (nSPS) is 23.0. The smallest absolute Gasteiger partial charge is 0.231 e. The van der Waals surface area contributed by atoms with Crippen LogP contribution in [0.2, 0.25) is 0 Å². The fourth-order valence-electron chi connectivity index (χ4n) is 5.31. The molecule has 1 amide bonds. The molecule has 2 aromatic carbocycles. The van der Waals surface area contributed by atoms with Gasteiger partial charge in [0.05, 0.1) is 7.11 Å². The summed E-state index contributed by atoms with van der Waals surface area (Å²) in [7, 11) is 1.71. The van der Waals surface area contributed by atoms with E-state index in [1.54, 1.807) is 7.11 Å². The van der Waals surface area contributed by atoms with E-state index < -0.39 is 0 Å². The lowest BCUT2D eigenvalue weighted by Gasteiger charge is -2.47. The molecule has 0 spiro atoms. The monoisotopic (exact) mass is 422 g/mol. The minimum Gasteiger partial charge on any atom is -0.496 e. The maximum absolute atomic E-state index is 12.8. The molecule has 164 valence electrons. The Morgan fingerprint density at radius 3 is 2.68 bits per heavy atom. The molecule has 2 atom stereocenters. The van der Waals surface area contributed by atoms with Crippen LogP contribution in [0.4, 0.5) is 0 Å². The summed E-state index contributed by atoms with van der Waals surface area (Å²) < 4.78 is 16.3. The number of piperidine rings is 2. The predicted molar refractivity (Wildman–Crippen MR) is 117 cm³/mol. The Morgan fingerprint density at radius 1 is 1.03 bits per heavy atom. The molecule has 0 unspecified atom stereocenters. The Labute approximate surface area is 183 Å². The lowest BCUT2D eigenvalue weighted by atomic mass is 9.83. The summed E-state index contributed by atoms with van der Waals surface area (Å²) in [6, 6.07) is 12.8. The van der Waals surface area contributed by atoms with E-state index in [2.05, 4.69) is 34.9 Å². The molecule has 6 heteroatoms. The molecule has 2 saturated heterocycles. The van der Waals surface area contributed by atoms with Crippen molar-refractivity contribution < 1.29 is 19.0 Å². The van der Waals surface area contributed by atoms with Crippen molar-refractivity contribution in [2.24, 2.45) is 5.92 Å². The zero-order valence-corrected chi connectivity index (χ0v) is 18.3. The molecule has 2 aromatic rings. The van der Waals surface area contributed by atoms with Gasteiger partial charge in [0, 0.05) is 38.6 Å². The summed E-state index contributed by atoms with van der Waals surface area (Å²) in [5.41, 5.74) is 3.60. The predicted octanol–water partition coefficient (Wildman–Crippen LogP) is 3.75. The van der Waals surface area contributed by atoms with Gasteiger partial charge in [-0.3, -0.25) is 9.69 Å². The standard InChI is InChI=1S/C25H30N2O4/c1-17-11-18(3-6-22(17)29-2)13-26-10-9-21-20(15-26)5-8-25(28)27(21)14-19-4-7-23-24(12-19)31-16-30-23/h3-4,6-7,11-12,20-21H,5,8-10,13-16H2,1-2H3/t20-,21+/m0/s1. The van der Waals surface area contributed by atoms with Gasteiger partial charge in [0.25, 0.3) is 0 Å². The minimum atomic E-state index is 0.273. The first-order valence-corrected chi connectivity index (χ1v) is 11.1.